The van der Waals surface area contributed by atoms with Crippen molar-refractivity contribution in [3.63, 3.8) is 0 Å². The van der Waals surface area contributed by atoms with Crippen LogP contribution < -0.4 is 10.2 Å². The second-order valence-corrected chi connectivity index (χ2v) is 13.3. The quantitative estimate of drug-likeness (QED) is 0.178. The Hall–Kier alpha value is -6.98. The summed E-state index contributed by atoms with van der Waals surface area (Å²) in [7, 11) is 6.45. The second-order valence-electron chi connectivity index (χ2n) is 13.3. The molecule has 10 aromatic rings. The molecule has 0 aliphatic heterocycles. The molecular weight excluding hydrogens is 649 g/mol. The van der Waals surface area contributed by atoms with Crippen LogP contribution in [0.3, 0.4) is 0 Å². The van der Waals surface area contributed by atoms with E-state index >= 15 is 0 Å². The van der Waals surface area contributed by atoms with Gasteiger partial charge in [-0.3, -0.25) is 0 Å². The van der Waals surface area contributed by atoms with E-state index in [1.54, 1.807) is 0 Å². The number of nitrogens with zero attached hydrogens (tertiary/aromatic N) is 1. The lowest BCUT2D eigenvalue weighted by atomic mass is 9.92. The molecule has 0 saturated heterocycles. The summed E-state index contributed by atoms with van der Waals surface area (Å²) in [5, 5.41) is 15.9. The van der Waals surface area contributed by atoms with Gasteiger partial charge in [0.1, 0.15) is 36.3 Å². The number of aromatic nitrogens is 1. The van der Waals surface area contributed by atoms with Gasteiger partial charge >= 0.3 is 0 Å². The van der Waals surface area contributed by atoms with Gasteiger partial charge in [0.2, 0.25) is 0 Å². The SMILES string of the molecule is [B]c1ccc(-c2ccc(-n3c4ccccc4c4ccccc43)cc2)cc1Oc1cccc(-c2ccc(-c3cccc4oc5ccccc5c34)cc2O)c1. The Kier molecular flexibility index (Phi) is 7.19. The molecule has 0 aliphatic rings. The maximum Gasteiger partial charge on any atom is 0.136 e. The van der Waals surface area contributed by atoms with Gasteiger partial charge in [-0.15, -0.1) is 0 Å². The van der Waals surface area contributed by atoms with E-state index in [0.717, 1.165) is 55.4 Å². The molecule has 8 aromatic carbocycles. The van der Waals surface area contributed by atoms with Crippen LogP contribution in [0.2, 0.25) is 0 Å². The number of furan rings is 1. The monoisotopic (exact) mass is 679 g/mol. The molecule has 2 heterocycles. The zero-order chi connectivity index (χ0) is 35.5. The maximum absolute atomic E-state index is 11.3. The van der Waals surface area contributed by atoms with Crippen molar-refractivity contribution in [2.45, 2.75) is 0 Å². The van der Waals surface area contributed by atoms with Gasteiger partial charge in [0, 0.05) is 32.8 Å². The summed E-state index contributed by atoms with van der Waals surface area (Å²) < 4.78 is 14.8. The summed E-state index contributed by atoms with van der Waals surface area (Å²) in [4.78, 5) is 0. The number of aromatic hydroxyl groups is 1. The van der Waals surface area contributed by atoms with Gasteiger partial charge in [-0.25, -0.2) is 0 Å². The van der Waals surface area contributed by atoms with Crippen molar-refractivity contribution in [1.29, 1.82) is 0 Å². The lowest BCUT2D eigenvalue weighted by Gasteiger charge is -2.14. The number of fused-ring (bicyclic) bond motifs is 6. The van der Waals surface area contributed by atoms with Crippen LogP contribution >= 0.6 is 0 Å². The third-order valence-electron chi connectivity index (χ3n) is 10.1. The number of ether oxygens (including phenoxy) is 1. The van der Waals surface area contributed by atoms with E-state index in [-0.39, 0.29) is 5.75 Å². The predicted octanol–water partition coefficient (Wildman–Crippen LogP) is 12.0. The van der Waals surface area contributed by atoms with Crippen LogP contribution in [0.4, 0.5) is 0 Å². The first-order valence-electron chi connectivity index (χ1n) is 17.6. The Bertz CT molecular complexity index is 2960. The van der Waals surface area contributed by atoms with Crippen molar-refractivity contribution >= 4 is 57.1 Å². The van der Waals surface area contributed by atoms with E-state index < -0.39 is 0 Å². The van der Waals surface area contributed by atoms with Crippen molar-refractivity contribution in [2.75, 3.05) is 0 Å². The highest BCUT2D eigenvalue weighted by Crippen LogP contribution is 2.41. The maximum atomic E-state index is 11.3. The highest BCUT2D eigenvalue weighted by Gasteiger charge is 2.16. The number of phenols is 1. The predicted molar refractivity (Wildman–Crippen MR) is 218 cm³/mol. The number of rotatable bonds is 6. The molecule has 1 N–H and O–H groups in total. The molecular formula is C48H30BNO3. The fraction of sp³-hybridized carbons (Fsp3) is 0. The standard InChI is InChI=1S/C48H30BNO3/c49-41-26-22-31(30-19-23-34(24-20-30)50-42-15-4-1-11-38(42)39-12-2-5-16-43(39)50)29-47(41)52-35-10-7-9-32(27-35)36-25-21-33(28-44(36)51)37-14-8-18-46-48(37)40-13-3-6-17-45(40)53-46/h1-29,51H. The van der Waals surface area contributed by atoms with Crippen molar-refractivity contribution in [2.24, 2.45) is 0 Å². The van der Waals surface area contributed by atoms with Crippen molar-refractivity contribution in [1.82, 2.24) is 4.57 Å². The normalized spacial score (nSPS) is 11.5. The topological polar surface area (TPSA) is 47.5 Å². The smallest absolute Gasteiger partial charge is 0.136 e. The Balaban J connectivity index is 0.936. The van der Waals surface area contributed by atoms with E-state index in [0.29, 0.717) is 22.5 Å². The van der Waals surface area contributed by atoms with Gasteiger partial charge in [0.15, 0.2) is 0 Å². The highest BCUT2D eigenvalue weighted by atomic mass is 16.5. The zero-order valence-corrected chi connectivity index (χ0v) is 28.5. The fourth-order valence-electron chi connectivity index (χ4n) is 7.62. The lowest BCUT2D eigenvalue weighted by molar-refractivity contribution is 0.477. The van der Waals surface area contributed by atoms with Crippen LogP contribution in [-0.4, -0.2) is 17.5 Å². The van der Waals surface area contributed by atoms with E-state index in [9.17, 15) is 5.11 Å². The van der Waals surface area contributed by atoms with Gasteiger partial charge < -0.3 is 18.8 Å². The van der Waals surface area contributed by atoms with Gasteiger partial charge in [-0.2, -0.15) is 0 Å². The fourth-order valence-corrected chi connectivity index (χ4v) is 7.62. The minimum absolute atomic E-state index is 0.176. The van der Waals surface area contributed by atoms with Crippen molar-refractivity contribution < 1.29 is 14.3 Å². The number of para-hydroxylation sites is 3. The minimum atomic E-state index is 0.176. The molecule has 0 bridgehead atoms. The van der Waals surface area contributed by atoms with Crippen LogP contribution in [0.5, 0.6) is 17.2 Å². The highest BCUT2D eigenvalue weighted by molar-refractivity contribution is 6.34. The third-order valence-corrected chi connectivity index (χ3v) is 10.1. The Morgan fingerprint density at radius 1 is 0.491 bits per heavy atom. The second kappa shape index (κ2) is 12.4. The molecule has 0 amide bonds. The molecule has 0 fully saturated rings. The van der Waals surface area contributed by atoms with Gasteiger partial charge in [0.05, 0.1) is 11.0 Å². The van der Waals surface area contributed by atoms with Crippen LogP contribution in [0, 0.1) is 0 Å². The molecule has 0 atom stereocenters. The van der Waals surface area contributed by atoms with Crippen molar-refractivity contribution in [3.8, 4) is 56.3 Å². The van der Waals surface area contributed by atoms with Crippen LogP contribution in [-0.2, 0) is 0 Å². The summed E-state index contributed by atoms with van der Waals surface area (Å²) in [6.07, 6.45) is 0. The van der Waals surface area contributed by atoms with Crippen LogP contribution in [0.1, 0.15) is 0 Å². The number of hydrogen-bond donors (Lipinski definition) is 1. The molecule has 53 heavy (non-hydrogen) atoms. The van der Waals surface area contributed by atoms with E-state index in [1.165, 1.54) is 21.8 Å². The average Bonchev–Trinajstić information content (AvgIpc) is 3.75. The molecule has 248 valence electrons. The Morgan fingerprint density at radius 2 is 1.13 bits per heavy atom. The molecule has 5 heteroatoms. The van der Waals surface area contributed by atoms with Gasteiger partial charge in [-0.05, 0) is 88.5 Å². The lowest BCUT2D eigenvalue weighted by Crippen LogP contribution is -2.06. The van der Waals surface area contributed by atoms with Crippen molar-refractivity contribution in [3.05, 3.63) is 176 Å². The van der Waals surface area contributed by atoms with Gasteiger partial charge in [-0.1, -0.05) is 121 Å². The number of hydrogen-bond acceptors (Lipinski definition) is 3. The summed E-state index contributed by atoms with van der Waals surface area (Å²) in [6.45, 7) is 0. The molecule has 0 saturated carbocycles. The number of benzene rings is 8. The largest absolute Gasteiger partial charge is 0.507 e. The molecule has 10 rings (SSSR count). The summed E-state index contributed by atoms with van der Waals surface area (Å²) in [6, 6.07) is 59.0. The molecule has 0 aliphatic carbocycles. The van der Waals surface area contributed by atoms with Crippen LogP contribution in [0.25, 0.3) is 82.8 Å². The van der Waals surface area contributed by atoms with E-state index in [2.05, 4.69) is 89.5 Å². The first-order valence-corrected chi connectivity index (χ1v) is 17.6. The molecule has 2 aromatic heterocycles. The van der Waals surface area contributed by atoms with E-state index in [1.807, 2.05) is 91.0 Å². The number of phenolic OH excluding ortho intramolecular Hbond substituents is 1. The summed E-state index contributed by atoms with van der Waals surface area (Å²) in [5.41, 5.74) is 11.1. The first-order chi connectivity index (χ1) is 26.1. The van der Waals surface area contributed by atoms with Gasteiger partial charge in [0.25, 0.3) is 0 Å². The first kappa shape index (κ1) is 30.8. The zero-order valence-electron chi connectivity index (χ0n) is 28.5. The summed E-state index contributed by atoms with van der Waals surface area (Å²) in [5.74, 6) is 1.35. The third kappa shape index (κ3) is 5.25. The van der Waals surface area contributed by atoms with E-state index in [4.69, 9.17) is 17.0 Å². The molecule has 4 nitrogen and oxygen atoms in total. The Morgan fingerprint density at radius 3 is 1.91 bits per heavy atom. The molecule has 0 unspecified atom stereocenters. The molecule has 2 radical (unpaired) electrons. The summed E-state index contributed by atoms with van der Waals surface area (Å²) >= 11 is 0. The minimum Gasteiger partial charge on any atom is -0.507 e. The van der Waals surface area contributed by atoms with Crippen LogP contribution in [0.15, 0.2) is 180 Å². The molecule has 0 spiro atoms. The average molecular weight is 680 g/mol. The Labute approximate surface area is 307 Å².